The summed E-state index contributed by atoms with van der Waals surface area (Å²) in [5.74, 6) is 7.10. The summed E-state index contributed by atoms with van der Waals surface area (Å²) in [4.78, 5) is 23.0. The molecule has 126 valence electrons. The molecule has 0 saturated carbocycles. The lowest BCUT2D eigenvalue weighted by Gasteiger charge is -2.31. The van der Waals surface area contributed by atoms with Crippen molar-refractivity contribution < 1.29 is 0 Å². The van der Waals surface area contributed by atoms with Gasteiger partial charge in [-0.2, -0.15) is 0 Å². The normalized spacial score (nSPS) is 15.5. The highest BCUT2D eigenvalue weighted by Gasteiger charge is 2.27. The summed E-state index contributed by atoms with van der Waals surface area (Å²) in [7, 11) is 0. The Bertz CT molecular complexity index is 1100. The van der Waals surface area contributed by atoms with Crippen molar-refractivity contribution in [2.75, 3.05) is 0 Å². The van der Waals surface area contributed by atoms with Crippen molar-refractivity contribution in [1.82, 2.24) is 14.5 Å². The second kappa shape index (κ2) is 5.82. The van der Waals surface area contributed by atoms with E-state index in [0.717, 1.165) is 46.2 Å². The molecule has 3 heterocycles. The molecule has 4 nitrogen and oxygen atoms in total. The predicted molar refractivity (Wildman–Crippen MR) is 101 cm³/mol. The zero-order valence-electron chi connectivity index (χ0n) is 14.6. The fraction of sp³-hybridized carbons (Fsp3) is 0.350. The summed E-state index contributed by atoms with van der Waals surface area (Å²) in [6.45, 7) is 7.15. The first kappa shape index (κ1) is 16.0. The molecule has 1 aromatic carbocycles. The van der Waals surface area contributed by atoms with Crippen LogP contribution in [0.1, 0.15) is 41.5 Å². The lowest BCUT2D eigenvalue weighted by molar-refractivity contribution is 0.240. The maximum absolute atomic E-state index is 12.8. The van der Waals surface area contributed by atoms with Gasteiger partial charge >= 0.3 is 0 Å². The van der Waals surface area contributed by atoms with Gasteiger partial charge in [0.05, 0.1) is 10.9 Å². The molecule has 4 rings (SSSR count). The van der Waals surface area contributed by atoms with Gasteiger partial charge in [0, 0.05) is 29.6 Å². The van der Waals surface area contributed by atoms with Gasteiger partial charge in [-0.15, -0.1) is 11.3 Å². The molecule has 0 amide bonds. The number of benzene rings is 1. The molecule has 2 aromatic heterocycles. The van der Waals surface area contributed by atoms with Crippen molar-refractivity contribution in [3.05, 3.63) is 56.0 Å². The van der Waals surface area contributed by atoms with Crippen LogP contribution >= 0.6 is 11.3 Å². The molecule has 0 unspecified atom stereocenters. The van der Waals surface area contributed by atoms with E-state index in [1.807, 2.05) is 35.9 Å². The molecule has 0 atom stereocenters. The number of hydrogen-bond acceptors (Lipinski definition) is 4. The van der Waals surface area contributed by atoms with E-state index >= 15 is 0 Å². The summed E-state index contributed by atoms with van der Waals surface area (Å²) in [5.41, 5.74) is 1.79. The zero-order valence-corrected chi connectivity index (χ0v) is 15.4. The fourth-order valence-corrected chi connectivity index (χ4v) is 3.81. The number of fused-ring (bicyclic) bond motifs is 2. The van der Waals surface area contributed by atoms with Gasteiger partial charge in [-0.25, -0.2) is 9.97 Å². The Hall–Kier alpha value is -2.45. The minimum atomic E-state index is 0.0582. The van der Waals surface area contributed by atoms with Crippen molar-refractivity contribution in [3.8, 4) is 11.8 Å². The van der Waals surface area contributed by atoms with Crippen molar-refractivity contribution in [2.24, 2.45) is 5.41 Å². The van der Waals surface area contributed by atoms with Crippen LogP contribution in [-0.4, -0.2) is 14.5 Å². The predicted octanol–water partition coefficient (Wildman–Crippen LogP) is 3.53. The molecule has 0 radical (unpaired) electrons. The van der Waals surface area contributed by atoms with E-state index in [9.17, 15) is 4.79 Å². The molecule has 3 aromatic rings. The van der Waals surface area contributed by atoms with E-state index in [1.165, 1.54) is 0 Å². The number of aryl methyl sites for hydroxylation is 2. The Morgan fingerprint density at radius 1 is 1.28 bits per heavy atom. The molecule has 0 N–H and O–H groups in total. The van der Waals surface area contributed by atoms with Crippen LogP contribution in [-0.2, 0) is 13.0 Å². The lowest BCUT2D eigenvalue weighted by atomic mass is 9.85. The van der Waals surface area contributed by atoms with Crippen LogP contribution in [0.25, 0.3) is 10.9 Å². The first-order valence-electron chi connectivity index (χ1n) is 8.39. The number of aromatic nitrogens is 3. The van der Waals surface area contributed by atoms with Crippen LogP contribution in [0.4, 0.5) is 0 Å². The molecule has 0 bridgehead atoms. The van der Waals surface area contributed by atoms with E-state index in [4.69, 9.17) is 4.98 Å². The van der Waals surface area contributed by atoms with Crippen molar-refractivity contribution in [2.45, 2.75) is 40.2 Å². The summed E-state index contributed by atoms with van der Waals surface area (Å²) < 4.78 is 1.84. The van der Waals surface area contributed by atoms with Gasteiger partial charge in [0.15, 0.2) is 5.01 Å². The van der Waals surface area contributed by atoms with Crippen LogP contribution in [0.15, 0.2) is 29.2 Å². The fourth-order valence-electron chi connectivity index (χ4n) is 3.19. The third kappa shape index (κ3) is 3.10. The van der Waals surface area contributed by atoms with Crippen LogP contribution in [0.5, 0.6) is 0 Å². The van der Waals surface area contributed by atoms with Crippen molar-refractivity contribution >= 4 is 22.2 Å². The van der Waals surface area contributed by atoms with Crippen LogP contribution < -0.4 is 5.56 Å². The Morgan fingerprint density at radius 2 is 2.12 bits per heavy atom. The number of hydrogen-bond donors (Lipinski definition) is 0. The standard InChI is InChI=1S/C20H19N3OS/c1-13-11-21-18(25-13)7-5-14-4-6-15-16(10-14)22-17-8-9-20(2,3)12-23(17)19(15)24/h4,6,10-11H,8-9,12H2,1-3H3. The molecule has 5 heteroatoms. The van der Waals surface area contributed by atoms with Gasteiger partial charge in [-0.3, -0.25) is 9.36 Å². The number of nitrogens with zero attached hydrogens (tertiary/aromatic N) is 3. The molecule has 0 saturated heterocycles. The van der Waals surface area contributed by atoms with Gasteiger partial charge in [-0.05, 0) is 42.9 Å². The summed E-state index contributed by atoms with van der Waals surface area (Å²) in [6.07, 6.45) is 3.71. The van der Waals surface area contributed by atoms with E-state index in [2.05, 4.69) is 30.7 Å². The van der Waals surface area contributed by atoms with Gasteiger partial charge < -0.3 is 0 Å². The van der Waals surface area contributed by atoms with E-state index < -0.39 is 0 Å². The van der Waals surface area contributed by atoms with Gasteiger partial charge in [0.1, 0.15) is 5.82 Å². The van der Waals surface area contributed by atoms with Crippen LogP contribution in [0.2, 0.25) is 0 Å². The molecule has 0 spiro atoms. The highest BCUT2D eigenvalue weighted by molar-refractivity contribution is 7.12. The average molecular weight is 349 g/mol. The molecular formula is C20H19N3OS. The Morgan fingerprint density at radius 3 is 2.88 bits per heavy atom. The minimum absolute atomic E-state index is 0.0582. The second-order valence-electron chi connectivity index (χ2n) is 7.34. The third-order valence-electron chi connectivity index (χ3n) is 4.58. The lowest BCUT2D eigenvalue weighted by Crippen LogP contribution is -2.36. The summed E-state index contributed by atoms with van der Waals surface area (Å²) in [6, 6.07) is 5.64. The zero-order chi connectivity index (χ0) is 17.6. The van der Waals surface area contributed by atoms with Crippen molar-refractivity contribution in [3.63, 3.8) is 0 Å². The molecule has 25 heavy (non-hydrogen) atoms. The van der Waals surface area contributed by atoms with Crippen LogP contribution in [0, 0.1) is 24.2 Å². The monoisotopic (exact) mass is 349 g/mol. The smallest absolute Gasteiger partial charge is 0.261 e. The van der Waals surface area contributed by atoms with E-state index in [-0.39, 0.29) is 11.0 Å². The third-order valence-corrected chi connectivity index (χ3v) is 5.41. The maximum atomic E-state index is 12.8. The summed E-state index contributed by atoms with van der Waals surface area (Å²) >= 11 is 1.58. The van der Waals surface area contributed by atoms with E-state index in [1.54, 1.807) is 11.3 Å². The highest BCUT2D eigenvalue weighted by atomic mass is 32.1. The Labute approximate surface area is 150 Å². The second-order valence-corrected chi connectivity index (χ2v) is 8.58. The Balaban J connectivity index is 1.77. The Kier molecular flexibility index (Phi) is 3.73. The van der Waals surface area contributed by atoms with Crippen LogP contribution in [0.3, 0.4) is 0 Å². The van der Waals surface area contributed by atoms with E-state index in [0.29, 0.717) is 5.39 Å². The molecule has 0 fully saturated rings. The topological polar surface area (TPSA) is 47.8 Å². The first-order chi connectivity index (χ1) is 11.9. The SMILES string of the molecule is Cc1cnc(C#Cc2ccc3c(=O)n4c(nc3c2)CCC(C)(C)C4)s1. The molecule has 1 aliphatic rings. The number of rotatable bonds is 0. The number of thiazole rings is 1. The molecule has 1 aliphatic heterocycles. The molecule has 0 aliphatic carbocycles. The van der Waals surface area contributed by atoms with Gasteiger partial charge in [0.25, 0.3) is 5.56 Å². The average Bonchev–Trinajstić information content (AvgIpc) is 2.99. The van der Waals surface area contributed by atoms with Gasteiger partial charge in [0.2, 0.25) is 0 Å². The molecular weight excluding hydrogens is 330 g/mol. The minimum Gasteiger partial charge on any atom is -0.296 e. The first-order valence-corrected chi connectivity index (χ1v) is 9.21. The highest BCUT2D eigenvalue weighted by Crippen LogP contribution is 2.29. The van der Waals surface area contributed by atoms with Gasteiger partial charge in [-0.1, -0.05) is 19.8 Å². The maximum Gasteiger partial charge on any atom is 0.261 e. The largest absolute Gasteiger partial charge is 0.296 e. The van der Waals surface area contributed by atoms with Crippen molar-refractivity contribution in [1.29, 1.82) is 0 Å². The summed E-state index contributed by atoms with van der Waals surface area (Å²) in [5, 5.41) is 1.47. The quantitative estimate of drug-likeness (QED) is 0.583.